The van der Waals surface area contributed by atoms with Crippen LogP contribution in [0.3, 0.4) is 0 Å². The van der Waals surface area contributed by atoms with Crippen LogP contribution >= 0.6 is 0 Å². The summed E-state index contributed by atoms with van der Waals surface area (Å²) < 4.78 is 2.36. The molecule has 4 aliphatic rings. The lowest BCUT2D eigenvalue weighted by Gasteiger charge is -2.45. The zero-order valence-corrected chi connectivity index (χ0v) is 22.7. The minimum absolute atomic E-state index is 0.180. The van der Waals surface area contributed by atoms with E-state index in [0.29, 0.717) is 41.2 Å². The molecule has 8 nitrogen and oxygen atoms in total. The number of piperidine rings is 1. The Morgan fingerprint density at radius 3 is 2.50 bits per heavy atom. The van der Waals surface area contributed by atoms with Crippen molar-refractivity contribution in [2.75, 3.05) is 16.8 Å². The van der Waals surface area contributed by atoms with Crippen molar-refractivity contribution in [1.82, 2.24) is 19.5 Å². The topological polar surface area (TPSA) is 96.2 Å². The number of carboxylic acid groups (broad SMARTS) is 1. The quantitative estimate of drug-likeness (QED) is 0.452. The molecule has 2 unspecified atom stereocenters. The average molecular weight is 519 g/mol. The van der Waals surface area contributed by atoms with Gasteiger partial charge in [-0.15, -0.1) is 12.3 Å². The number of carbonyl (C=O) groups is 1. The first-order valence-electron chi connectivity index (χ1n) is 15.0. The maximum absolute atomic E-state index is 12.0. The monoisotopic (exact) mass is 518 g/mol. The number of aromatic nitrogens is 4. The van der Waals surface area contributed by atoms with E-state index in [4.69, 9.17) is 11.4 Å². The van der Waals surface area contributed by atoms with Gasteiger partial charge in [0.25, 0.3) is 0 Å². The first-order chi connectivity index (χ1) is 18.5. The zero-order chi connectivity index (χ0) is 26.2. The van der Waals surface area contributed by atoms with Crippen molar-refractivity contribution >= 4 is 28.9 Å². The van der Waals surface area contributed by atoms with E-state index in [2.05, 4.69) is 37.6 Å². The lowest BCUT2D eigenvalue weighted by molar-refractivity contribution is 0.0684. The van der Waals surface area contributed by atoms with Crippen molar-refractivity contribution in [2.45, 2.75) is 109 Å². The second-order valence-electron chi connectivity index (χ2n) is 12.4. The Morgan fingerprint density at radius 2 is 1.79 bits per heavy atom. The predicted molar refractivity (Wildman–Crippen MR) is 149 cm³/mol. The van der Waals surface area contributed by atoms with Crippen LogP contribution in [0.5, 0.6) is 0 Å². The van der Waals surface area contributed by atoms with Crippen LogP contribution in [0.2, 0.25) is 0 Å². The Morgan fingerprint density at radius 1 is 1.03 bits per heavy atom. The number of nitrogens with one attached hydrogen (secondary N) is 1. The van der Waals surface area contributed by atoms with Crippen LogP contribution in [0.25, 0.3) is 11.2 Å². The van der Waals surface area contributed by atoms with E-state index in [1.807, 2.05) is 0 Å². The van der Waals surface area contributed by atoms with Gasteiger partial charge in [0, 0.05) is 31.1 Å². The molecule has 0 bridgehead atoms. The summed E-state index contributed by atoms with van der Waals surface area (Å²) in [4.78, 5) is 28.7. The number of aromatic carboxylic acids is 1. The van der Waals surface area contributed by atoms with Gasteiger partial charge in [-0.3, -0.25) is 0 Å². The number of fused-ring (bicyclic) bond motifs is 2. The fraction of sp³-hybridized carbons (Fsp3) is 0.733. The Bertz CT molecular complexity index is 1200. The number of imidazole rings is 1. The maximum Gasteiger partial charge on any atom is 0.374 e. The van der Waals surface area contributed by atoms with Gasteiger partial charge in [0.05, 0.1) is 0 Å². The standard InChI is InChI=1S/C30H42N6O2/c1-3-20-13-15-21(16-14-20)18-36-25-26(31-19(2)22-9-6-10-22)32-28(29(37)38)33-27(25)34-30(36)35-17-7-11-23-8-4-5-12-24(23)35/h1,19-24H,4-18H2,2H3,(H,37,38)(H,31,32,33)/t19-,20-,21-,23?,24?/m1/s1. The Kier molecular flexibility index (Phi) is 7.20. The largest absolute Gasteiger partial charge is 0.475 e. The first kappa shape index (κ1) is 25.5. The smallest absolute Gasteiger partial charge is 0.374 e. The molecular formula is C30H42N6O2. The van der Waals surface area contributed by atoms with Crippen LogP contribution < -0.4 is 10.2 Å². The minimum Gasteiger partial charge on any atom is -0.475 e. The number of carboxylic acids is 1. The molecule has 0 radical (unpaired) electrons. The number of terminal acetylenes is 1. The van der Waals surface area contributed by atoms with Gasteiger partial charge in [-0.05, 0) is 88.9 Å². The molecule has 1 aliphatic heterocycles. The van der Waals surface area contributed by atoms with E-state index in [-0.39, 0.29) is 11.9 Å². The fourth-order valence-corrected chi connectivity index (χ4v) is 7.53. The molecule has 6 rings (SSSR count). The molecule has 2 aromatic rings. The molecule has 38 heavy (non-hydrogen) atoms. The summed E-state index contributed by atoms with van der Waals surface area (Å²) in [6.45, 7) is 4.03. The van der Waals surface area contributed by atoms with Gasteiger partial charge in [-0.25, -0.2) is 14.8 Å². The van der Waals surface area contributed by atoms with Crippen LogP contribution in [0.1, 0.15) is 101 Å². The van der Waals surface area contributed by atoms with E-state index < -0.39 is 5.97 Å². The van der Waals surface area contributed by atoms with E-state index in [1.54, 1.807) is 0 Å². The Hall–Kier alpha value is -2.82. The summed E-state index contributed by atoms with van der Waals surface area (Å²) in [5, 5.41) is 13.5. The molecule has 0 spiro atoms. The third-order valence-electron chi connectivity index (χ3n) is 10.0. The summed E-state index contributed by atoms with van der Waals surface area (Å²) in [7, 11) is 0. The van der Waals surface area contributed by atoms with Gasteiger partial charge in [-0.2, -0.15) is 4.98 Å². The van der Waals surface area contributed by atoms with Gasteiger partial charge in [0.1, 0.15) is 5.52 Å². The molecule has 8 heteroatoms. The number of hydrogen-bond donors (Lipinski definition) is 2. The van der Waals surface area contributed by atoms with Gasteiger partial charge in [-0.1, -0.05) is 19.3 Å². The van der Waals surface area contributed by atoms with Crippen LogP contribution in [-0.4, -0.2) is 49.2 Å². The SMILES string of the molecule is C#C[C@H]1CC[C@H](Cn2c(N3CCCC4CCCCC43)nc3nc(C(=O)O)nc(N[C@H](C)C4CCC4)c32)CC1. The highest BCUT2D eigenvalue weighted by Gasteiger charge is 2.37. The van der Waals surface area contributed by atoms with E-state index >= 15 is 0 Å². The summed E-state index contributed by atoms with van der Waals surface area (Å²) in [5.74, 6) is 5.47. The summed E-state index contributed by atoms with van der Waals surface area (Å²) in [6.07, 6.45) is 21.3. The lowest BCUT2D eigenvalue weighted by atomic mass is 9.78. The Balaban J connectivity index is 1.44. The van der Waals surface area contributed by atoms with Crippen molar-refractivity contribution in [3.63, 3.8) is 0 Å². The highest BCUT2D eigenvalue weighted by Crippen LogP contribution is 2.41. The van der Waals surface area contributed by atoms with Crippen LogP contribution in [0.4, 0.5) is 11.8 Å². The highest BCUT2D eigenvalue weighted by atomic mass is 16.4. The van der Waals surface area contributed by atoms with Gasteiger partial charge in [0.15, 0.2) is 11.5 Å². The lowest BCUT2D eigenvalue weighted by Crippen LogP contribution is -2.48. The number of nitrogens with zero attached hydrogens (tertiary/aromatic N) is 5. The molecule has 1 saturated heterocycles. The first-order valence-corrected chi connectivity index (χ1v) is 15.0. The molecule has 3 heterocycles. The van der Waals surface area contributed by atoms with Crippen molar-refractivity contribution in [3.8, 4) is 12.3 Å². The van der Waals surface area contributed by atoms with Gasteiger partial charge in [0.2, 0.25) is 11.8 Å². The molecule has 2 N–H and O–H groups in total. The van der Waals surface area contributed by atoms with Gasteiger partial charge >= 0.3 is 5.97 Å². The van der Waals surface area contributed by atoms with Crippen molar-refractivity contribution in [2.24, 2.45) is 23.7 Å². The minimum atomic E-state index is -1.11. The molecule has 3 saturated carbocycles. The molecule has 204 valence electrons. The van der Waals surface area contributed by atoms with Gasteiger partial charge < -0.3 is 19.9 Å². The molecule has 0 amide bonds. The highest BCUT2D eigenvalue weighted by molar-refractivity contribution is 5.91. The molecule has 3 aliphatic carbocycles. The van der Waals surface area contributed by atoms with Crippen molar-refractivity contribution < 1.29 is 9.90 Å². The zero-order valence-electron chi connectivity index (χ0n) is 22.7. The van der Waals surface area contributed by atoms with Crippen molar-refractivity contribution in [3.05, 3.63) is 5.82 Å². The molecule has 3 atom stereocenters. The average Bonchev–Trinajstić information content (AvgIpc) is 3.25. The molecule has 4 fully saturated rings. The van der Waals surface area contributed by atoms with Crippen LogP contribution in [0, 0.1) is 36.0 Å². The normalized spacial score (nSPS) is 28.8. The summed E-state index contributed by atoms with van der Waals surface area (Å²) in [6, 6.07) is 0.724. The predicted octanol–water partition coefficient (Wildman–Crippen LogP) is 5.72. The van der Waals surface area contributed by atoms with Crippen LogP contribution in [-0.2, 0) is 6.54 Å². The third kappa shape index (κ3) is 4.85. The third-order valence-corrected chi connectivity index (χ3v) is 10.0. The summed E-state index contributed by atoms with van der Waals surface area (Å²) >= 11 is 0. The van der Waals surface area contributed by atoms with E-state index in [0.717, 1.165) is 50.2 Å². The molecule has 2 aromatic heterocycles. The number of hydrogen-bond acceptors (Lipinski definition) is 6. The number of anilines is 2. The fourth-order valence-electron chi connectivity index (χ4n) is 7.53. The molecular weight excluding hydrogens is 476 g/mol. The van der Waals surface area contributed by atoms with E-state index in [1.165, 1.54) is 57.8 Å². The van der Waals surface area contributed by atoms with E-state index in [9.17, 15) is 9.90 Å². The second-order valence-corrected chi connectivity index (χ2v) is 12.4. The molecule has 0 aromatic carbocycles. The van der Waals surface area contributed by atoms with Crippen molar-refractivity contribution in [1.29, 1.82) is 0 Å². The van der Waals surface area contributed by atoms with Crippen LogP contribution in [0.15, 0.2) is 0 Å². The summed E-state index contributed by atoms with van der Waals surface area (Å²) in [5.41, 5.74) is 1.37. The maximum atomic E-state index is 12.0. The number of rotatable bonds is 7. The Labute approximate surface area is 226 Å². The second kappa shape index (κ2) is 10.7.